The van der Waals surface area contributed by atoms with E-state index in [0.29, 0.717) is 13.0 Å². The van der Waals surface area contributed by atoms with E-state index in [1.54, 1.807) is 7.05 Å². The van der Waals surface area contributed by atoms with Crippen LogP contribution in [-0.2, 0) is 14.8 Å². The molecule has 1 aliphatic heterocycles. The largest absolute Gasteiger partial charge is 0.378 e. The van der Waals surface area contributed by atoms with Crippen molar-refractivity contribution in [2.24, 2.45) is 0 Å². The van der Waals surface area contributed by atoms with Gasteiger partial charge in [0.1, 0.15) is 0 Å². The standard InChI is InChI=1S/C11H23NO3S/c1-3-10-16(13,14)12(2)8-7-11-6-4-5-9-15-11/h11H,3-10H2,1-2H3. The second kappa shape index (κ2) is 6.57. The lowest BCUT2D eigenvalue weighted by atomic mass is 10.1. The SMILES string of the molecule is CCCS(=O)(=O)N(C)CCC1CCCCO1. The quantitative estimate of drug-likeness (QED) is 0.718. The molecule has 1 heterocycles. The van der Waals surface area contributed by atoms with Crippen molar-refractivity contribution < 1.29 is 13.2 Å². The van der Waals surface area contributed by atoms with Crippen LogP contribution in [0.2, 0.25) is 0 Å². The Balaban J connectivity index is 2.30. The highest BCUT2D eigenvalue weighted by atomic mass is 32.2. The monoisotopic (exact) mass is 249 g/mol. The molecule has 96 valence electrons. The van der Waals surface area contributed by atoms with Crippen LogP contribution in [0.1, 0.15) is 39.0 Å². The fourth-order valence-corrected chi connectivity index (χ4v) is 3.12. The maximum atomic E-state index is 11.7. The third-order valence-electron chi connectivity index (χ3n) is 2.98. The summed E-state index contributed by atoms with van der Waals surface area (Å²) in [6.45, 7) is 3.29. The molecule has 5 heteroatoms. The van der Waals surface area contributed by atoms with Crippen LogP contribution in [0, 0.1) is 0 Å². The Morgan fingerprint density at radius 1 is 1.38 bits per heavy atom. The first-order valence-electron chi connectivity index (χ1n) is 6.12. The summed E-state index contributed by atoms with van der Waals surface area (Å²) in [5, 5.41) is 0. The Kier molecular flexibility index (Phi) is 5.72. The van der Waals surface area contributed by atoms with E-state index in [4.69, 9.17) is 4.74 Å². The average molecular weight is 249 g/mol. The zero-order valence-electron chi connectivity index (χ0n) is 10.3. The molecule has 1 aliphatic rings. The van der Waals surface area contributed by atoms with Crippen molar-refractivity contribution in [3.63, 3.8) is 0 Å². The van der Waals surface area contributed by atoms with Crippen LogP contribution >= 0.6 is 0 Å². The van der Waals surface area contributed by atoms with Crippen LogP contribution in [0.3, 0.4) is 0 Å². The van der Waals surface area contributed by atoms with Crippen LogP contribution in [0.15, 0.2) is 0 Å². The first kappa shape index (κ1) is 13.9. The molecule has 0 aromatic rings. The summed E-state index contributed by atoms with van der Waals surface area (Å²) in [6, 6.07) is 0. The van der Waals surface area contributed by atoms with Gasteiger partial charge in [-0.1, -0.05) is 6.92 Å². The first-order chi connectivity index (χ1) is 7.56. The predicted molar refractivity (Wildman–Crippen MR) is 64.9 cm³/mol. The molecule has 1 saturated heterocycles. The summed E-state index contributed by atoms with van der Waals surface area (Å²) in [5.41, 5.74) is 0. The van der Waals surface area contributed by atoms with Gasteiger partial charge < -0.3 is 4.74 Å². The van der Waals surface area contributed by atoms with E-state index < -0.39 is 10.0 Å². The highest BCUT2D eigenvalue weighted by Crippen LogP contribution is 2.16. The molecule has 0 bridgehead atoms. The Morgan fingerprint density at radius 3 is 2.69 bits per heavy atom. The van der Waals surface area contributed by atoms with E-state index in [1.807, 2.05) is 6.92 Å². The molecule has 0 amide bonds. The zero-order valence-corrected chi connectivity index (χ0v) is 11.1. The Morgan fingerprint density at radius 2 is 2.12 bits per heavy atom. The van der Waals surface area contributed by atoms with E-state index in [9.17, 15) is 8.42 Å². The molecule has 0 saturated carbocycles. The van der Waals surface area contributed by atoms with Gasteiger partial charge in [-0.25, -0.2) is 12.7 Å². The molecule has 1 unspecified atom stereocenters. The number of rotatable bonds is 6. The molecule has 0 spiro atoms. The van der Waals surface area contributed by atoms with E-state index in [1.165, 1.54) is 10.7 Å². The second-order valence-corrected chi connectivity index (χ2v) is 6.61. The third kappa shape index (κ3) is 4.39. The van der Waals surface area contributed by atoms with Crippen molar-refractivity contribution in [1.29, 1.82) is 0 Å². The Labute approximate surface area is 99.0 Å². The molecular formula is C11H23NO3S. The molecule has 0 radical (unpaired) electrons. The number of nitrogens with zero attached hydrogens (tertiary/aromatic N) is 1. The maximum Gasteiger partial charge on any atom is 0.213 e. The summed E-state index contributed by atoms with van der Waals surface area (Å²) >= 11 is 0. The van der Waals surface area contributed by atoms with Crippen LogP contribution in [0.25, 0.3) is 0 Å². The van der Waals surface area contributed by atoms with Crippen molar-refractivity contribution in [1.82, 2.24) is 4.31 Å². The van der Waals surface area contributed by atoms with Gasteiger partial charge in [-0.05, 0) is 32.1 Å². The lowest BCUT2D eigenvalue weighted by Gasteiger charge is -2.24. The van der Waals surface area contributed by atoms with Crippen molar-refractivity contribution in [3.05, 3.63) is 0 Å². The van der Waals surface area contributed by atoms with Gasteiger partial charge in [0.2, 0.25) is 10.0 Å². The normalized spacial score (nSPS) is 22.6. The smallest absolute Gasteiger partial charge is 0.213 e. The minimum absolute atomic E-state index is 0.245. The minimum Gasteiger partial charge on any atom is -0.378 e. The number of sulfonamides is 1. The summed E-state index contributed by atoms with van der Waals surface area (Å²) in [4.78, 5) is 0. The number of hydrogen-bond donors (Lipinski definition) is 0. The van der Waals surface area contributed by atoms with E-state index in [-0.39, 0.29) is 11.9 Å². The second-order valence-electron chi connectivity index (χ2n) is 4.41. The third-order valence-corrected chi connectivity index (χ3v) is 5.03. The van der Waals surface area contributed by atoms with Gasteiger partial charge in [0.25, 0.3) is 0 Å². The Bertz CT molecular complexity index is 284. The molecule has 1 rings (SSSR count). The molecule has 0 aromatic carbocycles. The molecular weight excluding hydrogens is 226 g/mol. The van der Waals surface area contributed by atoms with Crippen molar-refractivity contribution in [3.8, 4) is 0 Å². The Hall–Kier alpha value is -0.130. The van der Waals surface area contributed by atoms with Gasteiger partial charge in [0.15, 0.2) is 0 Å². The number of ether oxygens (including phenoxy) is 1. The topological polar surface area (TPSA) is 46.6 Å². The van der Waals surface area contributed by atoms with Crippen molar-refractivity contribution in [2.75, 3.05) is 26.0 Å². The molecule has 16 heavy (non-hydrogen) atoms. The highest BCUT2D eigenvalue weighted by molar-refractivity contribution is 7.89. The van der Waals surface area contributed by atoms with Crippen molar-refractivity contribution >= 4 is 10.0 Å². The van der Waals surface area contributed by atoms with Crippen LogP contribution in [0.4, 0.5) is 0 Å². The van der Waals surface area contributed by atoms with Crippen LogP contribution in [-0.4, -0.2) is 44.8 Å². The average Bonchev–Trinajstić information content (AvgIpc) is 2.27. The zero-order chi connectivity index (χ0) is 12.0. The van der Waals surface area contributed by atoms with E-state index in [0.717, 1.165) is 25.9 Å². The molecule has 1 atom stereocenters. The van der Waals surface area contributed by atoms with Gasteiger partial charge in [0, 0.05) is 20.2 Å². The summed E-state index contributed by atoms with van der Waals surface area (Å²) in [6.07, 6.45) is 5.16. The van der Waals surface area contributed by atoms with Crippen LogP contribution < -0.4 is 0 Å². The maximum absolute atomic E-state index is 11.7. The predicted octanol–water partition coefficient (Wildman–Crippen LogP) is 1.62. The fraction of sp³-hybridized carbons (Fsp3) is 1.00. The van der Waals surface area contributed by atoms with Crippen LogP contribution in [0.5, 0.6) is 0 Å². The van der Waals surface area contributed by atoms with E-state index in [2.05, 4.69) is 0 Å². The van der Waals surface area contributed by atoms with Gasteiger partial charge in [-0.2, -0.15) is 0 Å². The fourth-order valence-electron chi connectivity index (χ4n) is 1.91. The van der Waals surface area contributed by atoms with Gasteiger partial charge in [-0.3, -0.25) is 0 Å². The summed E-state index contributed by atoms with van der Waals surface area (Å²) in [7, 11) is -1.37. The molecule has 1 fully saturated rings. The van der Waals surface area contributed by atoms with Gasteiger partial charge >= 0.3 is 0 Å². The molecule has 0 aliphatic carbocycles. The first-order valence-corrected chi connectivity index (χ1v) is 7.73. The summed E-state index contributed by atoms with van der Waals surface area (Å²) < 4.78 is 30.4. The van der Waals surface area contributed by atoms with E-state index >= 15 is 0 Å². The molecule has 0 aromatic heterocycles. The van der Waals surface area contributed by atoms with Crippen molar-refractivity contribution in [2.45, 2.75) is 45.1 Å². The highest BCUT2D eigenvalue weighted by Gasteiger charge is 2.19. The minimum atomic E-state index is -3.03. The molecule has 0 N–H and O–H groups in total. The van der Waals surface area contributed by atoms with Gasteiger partial charge in [-0.15, -0.1) is 0 Å². The lowest BCUT2D eigenvalue weighted by Crippen LogP contribution is -2.33. The van der Waals surface area contributed by atoms with Gasteiger partial charge in [0.05, 0.1) is 11.9 Å². The summed E-state index contributed by atoms with van der Waals surface area (Å²) in [5.74, 6) is 0.245. The number of hydrogen-bond acceptors (Lipinski definition) is 3. The lowest BCUT2D eigenvalue weighted by molar-refractivity contribution is 0.00950. The molecule has 4 nitrogen and oxygen atoms in total.